The molecular weight excluding hydrogens is 536 g/mol. The molecule has 5 rings (SSSR count). The third-order valence-electron chi connectivity index (χ3n) is 8.39. The summed E-state index contributed by atoms with van der Waals surface area (Å²) in [5.41, 5.74) is 8.15. The van der Waals surface area contributed by atoms with Gasteiger partial charge < -0.3 is 31.9 Å². The van der Waals surface area contributed by atoms with Crippen molar-refractivity contribution >= 4 is 23.2 Å². The van der Waals surface area contributed by atoms with Crippen LogP contribution >= 0.6 is 0 Å². The number of benzene rings is 2. The fourth-order valence-electron chi connectivity index (χ4n) is 6.57. The van der Waals surface area contributed by atoms with E-state index < -0.39 is 68.7 Å². The van der Waals surface area contributed by atoms with E-state index >= 15 is 0 Å². The number of amides is 1. The van der Waals surface area contributed by atoms with E-state index in [1.54, 1.807) is 26.2 Å². The monoisotopic (exact) mass is 564 g/mol. The number of hydrogen-bond acceptors (Lipinski definition) is 11. The Morgan fingerprint density at radius 3 is 2.46 bits per heavy atom. The summed E-state index contributed by atoms with van der Waals surface area (Å²) in [4.78, 5) is 51.9. The number of nitrogens with two attached hydrogens (primary N) is 2. The topological polar surface area (TPSA) is 231 Å². The zero-order valence-electron chi connectivity index (χ0n) is 22.1. The number of carbonyl (C=O) groups excluding carboxylic acids is 3. The highest BCUT2D eigenvalue weighted by Gasteiger charge is 2.63. The summed E-state index contributed by atoms with van der Waals surface area (Å²) < 4.78 is 0. The van der Waals surface area contributed by atoms with Gasteiger partial charge in [0, 0.05) is 35.7 Å². The van der Waals surface area contributed by atoms with Crippen molar-refractivity contribution in [3.63, 3.8) is 0 Å². The molecule has 0 bridgehead atoms. The number of non-ortho nitro benzene ring substituents is 1. The van der Waals surface area contributed by atoms with Crippen LogP contribution in [-0.2, 0) is 22.6 Å². The number of aliphatic hydroxyl groups excluding tert-OH is 2. The largest absolute Gasteiger partial charge is 0.510 e. The number of fused-ring (bicyclic) bond motifs is 3. The highest BCUT2D eigenvalue weighted by molar-refractivity contribution is 6.25. The highest BCUT2D eigenvalue weighted by atomic mass is 16.6. The number of rotatable bonds is 5. The Kier molecular flexibility index (Phi) is 6.48. The summed E-state index contributed by atoms with van der Waals surface area (Å²) in [6.45, 7) is -0.191. The number of nitro groups is 1. The van der Waals surface area contributed by atoms with Crippen LogP contribution in [0.3, 0.4) is 0 Å². The summed E-state index contributed by atoms with van der Waals surface area (Å²) in [6.07, 6.45) is -0.0511. The minimum Gasteiger partial charge on any atom is -0.510 e. The maximum absolute atomic E-state index is 14.0. The molecular formula is C28H28N4O9. The van der Waals surface area contributed by atoms with Crippen molar-refractivity contribution < 1.29 is 39.7 Å². The molecule has 4 atom stereocenters. The molecule has 0 saturated carbocycles. The van der Waals surface area contributed by atoms with Gasteiger partial charge in [0.05, 0.1) is 16.5 Å². The first kappa shape index (κ1) is 28.0. The average molecular weight is 565 g/mol. The number of phenols is 1. The number of phenolic OH excluding ortho intramolecular Hbond substituents is 1. The second kappa shape index (κ2) is 9.51. The van der Waals surface area contributed by atoms with Crippen LogP contribution in [0.25, 0.3) is 11.1 Å². The summed E-state index contributed by atoms with van der Waals surface area (Å²) in [6, 6.07) is 6.17. The fraction of sp³-hybridized carbons (Fsp3) is 0.321. The highest BCUT2D eigenvalue weighted by Crippen LogP contribution is 2.53. The summed E-state index contributed by atoms with van der Waals surface area (Å²) >= 11 is 0. The van der Waals surface area contributed by atoms with Crippen molar-refractivity contribution in [1.82, 2.24) is 4.90 Å². The number of allylic oxidation sites excluding steroid dienone is 1. The molecule has 3 aliphatic carbocycles. The van der Waals surface area contributed by atoms with Crippen LogP contribution in [0.1, 0.15) is 27.9 Å². The number of ketones is 2. The number of hydrogen-bond donors (Lipinski definition) is 6. The van der Waals surface area contributed by atoms with Gasteiger partial charge in [0.1, 0.15) is 22.8 Å². The molecule has 0 aromatic heterocycles. The molecule has 0 spiro atoms. The van der Waals surface area contributed by atoms with Gasteiger partial charge in [-0.25, -0.2) is 0 Å². The molecule has 0 heterocycles. The molecule has 0 aliphatic heterocycles. The van der Waals surface area contributed by atoms with Crippen LogP contribution in [0.2, 0.25) is 0 Å². The molecule has 2 aromatic carbocycles. The Balaban J connectivity index is 1.76. The van der Waals surface area contributed by atoms with Crippen LogP contribution in [0, 0.1) is 22.0 Å². The third-order valence-corrected chi connectivity index (χ3v) is 8.39. The summed E-state index contributed by atoms with van der Waals surface area (Å²) in [5.74, 6) is -7.56. The Morgan fingerprint density at radius 2 is 1.88 bits per heavy atom. The van der Waals surface area contributed by atoms with E-state index in [0.717, 1.165) is 0 Å². The number of aliphatic hydroxyl groups is 3. The lowest BCUT2D eigenvalue weighted by Gasteiger charge is -2.50. The van der Waals surface area contributed by atoms with Crippen molar-refractivity contribution in [2.24, 2.45) is 23.3 Å². The van der Waals surface area contributed by atoms with Crippen molar-refractivity contribution in [2.45, 2.75) is 31.0 Å². The van der Waals surface area contributed by atoms with E-state index in [2.05, 4.69) is 0 Å². The standard InChI is InChI=1S/C28H28N4O9/c1-31(2)21-17-9-12-7-16-15(11-4-3-5-14(6-11)32(40)41)8-13(10-29)22(33)19(16)23(34)18(12)25(36)28(17,39)26(37)20(24(21)35)27(30)38/h3-6,8,12,17,21,33,35-36,39H,7,9-10,29H2,1-2H3,(H2,30,38). The van der Waals surface area contributed by atoms with Gasteiger partial charge in [0.15, 0.2) is 11.4 Å². The van der Waals surface area contributed by atoms with Crippen molar-refractivity contribution in [3.8, 4) is 16.9 Å². The van der Waals surface area contributed by atoms with E-state index in [9.17, 15) is 44.9 Å². The molecule has 8 N–H and O–H groups in total. The first-order valence-corrected chi connectivity index (χ1v) is 12.7. The Hall–Kier alpha value is -4.59. The molecule has 214 valence electrons. The number of Topliss-reactive ketones (excluding diaryl/α,β-unsaturated/α-hetero) is 2. The fourth-order valence-corrected chi connectivity index (χ4v) is 6.57. The molecule has 2 aromatic rings. The molecule has 4 unspecified atom stereocenters. The quantitative estimate of drug-likeness (QED) is 0.171. The van der Waals surface area contributed by atoms with Gasteiger partial charge in [-0.15, -0.1) is 0 Å². The van der Waals surface area contributed by atoms with Gasteiger partial charge in [-0.2, -0.15) is 0 Å². The minimum atomic E-state index is -2.76. The van der Waals surface area contributed by atoms with E-state index in [1.807, 2.05) is 0 Å². The third kappa shape index (κ3) is 3.84. The smallest absolute Gasteiger partial charge is 0.270 e. The predicted octanol–water partition coefficient (Wildman–Crippen LogP) is 1.15. The minimum absolute atomic E-state index is 0.0327. The second-order valence-corrected chi connectivity index (χ2v) is 10.8. The average Bonchev–Trinajstić information content (AvgIpc) is 2.90. The number of nitrogens with zero attached hydrogens (tertiary/aromatic N) is 2. The lowest BCUT2D eigenvalue weighted by Crippen LogP contribution is -2.63. The van der Waals surface area contributed by atoms with Crippen molar-refractivity contribution in [1.29, 1.82) is 0 Å². The Morgan fingerprint density at radius 1 is 1.20 bits per heavy atom. The molecule has 3 aliphatic rings. The second-order valence-electron chi connectivity index (χ2n) is 10.8. The number of primary amides is 1. The van der Waals surface area contributed by atoms with Gasteiger partial charge in [-0.05, 0) is 55.6 Å². The number of aromatic hydroxyl groups is 1. The van der Waals surface area contributed by atoms with Crippen LogP contribution < -0.4 is 11.5 Å². The van der Waals surface area contributed by atoms with E-state index in [0.29, 0.717) is 16.7 Å². The SMILES string of the molecule is CN(C)C1C(O)=C(C(N)=O)C(=O)C2(O)C(O)=C3C(=O)c4c(O)c(CN)cc(-c5cccc([N+](=O)[O-])c5)c4CC3CC12. The lowest BCUT2D eigenvalue weighted by molar-refractivity contribution is -0.384. The number of likely N-dealkylation sites (N-methyl/N-ethyl adjacent to an activating group) is 1. The molecule has 0 radical (unpaired) electrons. The van der Waals surface area contributed by atoms with E-state index in [1.165, 1.54) is 23.1 Å². The molecule has 0 fully saturated rings. The lowest BCUT2D eigenvalue weighted by atomic mass is 9.58. The van der Waals surface area contributed by atoms with Crippen LogP contribution in [0.5, 0.6) is 5.75 Å². The Bertz CT molecular complexity index is 1630. The van der Waals surface area contributed by atoms with Gasteiger partial charge in [0.25, 0.3) is 11.6 Å². The van der Waals surface area contributed by atoms with Gasteiger partial charge in [0.2, 0.25) is 5.78 Å². The summed E-state index contributed by atoms with van der Waals surface area (Å²) in [5, 5.41) is 56.6. The first-order chi connectivity index (χ1) is 19.2. The first-order valence-electron chi connectivity index (χ1n) is 12.7. The van der Waals surface area contributed by atoms with Crippen LogP contribution in [0.4, 0.5) is 5.69 Å². The van der Waals surface area contributed by atoms with E-state index in [4.69, 9.17) is 11.5 Å². The van der Waals surface area contributed by atoms with Gasteiger partial charge in [-0.1, -0.05) is 12.1 Å². The zero-order chi connectivity index (χ0) is 30.1. The zero-order valence-corrected chi connectivity index (χ0v) is 22.1. The van der Waals surface area contributed by atoms with Crippen LogP contribution in [0.15, 0.2) is 53.0 Å². The van der Waals surface area contributed by atoms with Crippen molar-refractivity contribution in [2.75, 3.05) is 14.1 Å². The van der Waals surface area contributed by atoms with Crippen molar-refractivity contribution in [3.05, 3.63) is 79.8 Å². The van der Waals surface area contributed by atoms with Gasteiger partial charge in [-0.3, -0.25) is 29.4 Å². The maximum atomic E-state index is 14.0. The molecule has 13 nitrogen and oxygen atoms in total. The summed E-state index contributed by atoms with van der Waals surface area (Å²) in [7, 11) is 3.08. The molecule has 13 heteroatoms. The molecule has 0 saturated heterocycles. The Labute approximate surface area is 233 Å². The maximum Gasteiger partial charge on any atom is 0.270 e. The number of nitro benzene ring substituents is 1. The van der Waals surface area contributed by atoms with Crippen LogP contribution in [-0.4, -0.2) is 73.5 Å². The molecule has 41 heavy (non-hydrogen) atoms. The predicted molar refractivity (Wildman–Crippen MR) is 144 cm³/mol. The normalized spacial score (nSPS) is 25.6. The van der Waals surface area contributed by atoms with Gasteiger partial charge >= 0.3 is 0 Å². The molecule has 1 amide bonds. The van der Waals surface area contributed by atoms with E-state index in [-0.39, 0.29) is 41.8 Å². The number of carbonyl (C=O) groups is 3.